The highest BCUT2D eigenvalue weighted by atomic mass is 19.1. The van der Waals surface area contributed by atoms with Crippen molar-refractivity contribution in [1.29, 1.82) is 0 Å². The molecule has 2 atom stereocenters. The van der Waals surface area contributed by atoms with E-state index in [4.69, 9.17) is 0 Å². The molecule has 2 aliphatic rings. The predicted octanol–water partition coefficient (Wildman–Crippen LogP) is 0.998. The van der Waals surface area contributed by atoms with E-state index in [0.29, 0.717) is 13.0 Å². The number of halogens is 1. The molecule has 2 saturated heterocycles. The topological polar surface area (TPSA) is 61.4 Å². The van der Waals surface area contributed by atoms with Gasteiger partial charge in [-0.15, -0.1) is 0 Å². The SMILES string of the molecule is O=C1CC2C(CCN2C(=O)NCc2cccc(F)c2)N1. The molecule has 20 heavy (non-hydrogen) atoms. The predicted molar refractivity (Wildman–Crippen MR) is 70.3 cm³/mol. The van der Waals surface area contributed by atoms with Gasteiger partial charge in [-0.3, -0.25) is 4.79 Å². The van der Waals surface area contributed by atoms with Crippen LogP contribution in [0.15, 0.2) is 24.3 Å². The number of benzene rings is 1. The summed E-state index contributed by atoms with van der Waals surface area (Å²) in [5.41, 5.74) is 0.717. The van der Waals surface area contributed by atoms with Crippen molar-refractivity contribution in [2.75, 3.05) is 6.54 Å². The van der Waals surface area contributed by atoms with Crippen LogP contribution in [0.25, 0.3) is 0 Å². The Bertz CT molecular complexity index is 549. The van der Waals surface area contributed by atoms with Gasteiger partial charge in [-0.1, -0.05) is 12.1 Å². The Labute approximate surface area is 116 Å². The number of carbonyl (C=O) groups is 2. The summed E-state index contributed by atoms with van der Waals surface area (Å²) in [5.74, 6) is -0.314. The van der Waals surface area contributed by atoms with Gasteiger partial charge in [-0.2, -0.15) is 0 Å². The van der Waals surface area contributed by atoms with Gasteiger partial charge in [0, 0.05) is 19.5 Å². The van der Waals surface area contributed by atoms with Crippen LogP contribution in [-0.2, 0) is 11.3 Å². The second kappa shape index (κ2) is 5.11. The van der Waals surface area contributed by atoms with Gasteiger partial charge in [-0.25, -0.2) is 9.18 Å². The fraction of sp³-hybridized carbons (Fsp3) is 0.429. The summed E-state index contributed by atoms with van der Waals surface area (Å²) in [7, 11) is 0. The number of amides is 3. The zero-order chi connectivity index (χ0) is 14.1. The van der Waals surface area contributed by atoms with E-state index in [2.05, 4.69) is 10.6 Å². The largest absolute Gasteiger partial charge is 0.351 e. The molecule has 0 spiro atoms. The van der Waals surface area contributed by atoms with Gasteiger partial charge in [0.25, 0.3) is 0 Å². The third-order valence-corrected chi connectivity index (χ3v) is 3.88. The number of nitrogens with zero attached hydrogens (tertiary/aromatic N) is 1. The van der Waals surface area contributed by atoms with Crippen molar-refractivity contribution in [2.24, 2.45) is 0 Å². The summed E-state index contributed by atoms with van der Waals surface area (Å²) < 4.78 is 13.0. The molecular weight excluding hydrogens is 261 g/mol. The summed E-state index contributed by atoms with van der Waals surface area (Å²) in [5, 5.41) is 5.65. The number of likely N-dealkylation sites (tertiary alicyclic amines) is 1. The number of hydrogen-bond acceptors (Lipinski definition) is 2. The molecule has 0 aromatic heterocycles. The average Bonchev–Trinajstić information content (AvgIpc) is 2.95. The molecule has 2 unspecified atom stereocenters. The Kier molecular flexibility index (Phi) is 3.30. The molecule has 6 heteroatoms. The summed E-state index contributed by atoms with van der Waals surface area (Å²) in [6.45, 7) is 0.927. The van der Waals surface area contributed by atoms with Crippen LogP contribution in [0.5, 0.6) is 0 Å². The third-order valence-electron chi connectivity index (χ3n) is 3.88. The quantitative estimate of drug-likeness (QED) is 0.847. The van der Waals surface area contributed by atoms with Gasteiger partial charge in [0.05, 0.1) is 12.1 Å². The fourth-order valence-electron chi connectivity index (χ4n) is 2.91. The summed E-state index contributed by atoms with van der Waals surface area (Å²) in [4.78, 5) is 25.2. The van der Waals surface area contributed by atoms with Crippen LogP contribution in [0.2, 0.25) is 0 Å². The van der Waals surface area contributed by atoms with Crippen molar-refractivity contribution in [1.82, 2.24) is 15.5 Å². The molecule has 1 aromatic rings. The summed E-state index contributed by atoms with van der Waals surface area (Å²) in [6, 6.07) is 5.98. The van der Waals surface area contributed by atoms with Gasteiger partial charge < -0.3 is 15.5 Å². The lowest BCUT2D eigenvalue weighted by molar-refractivity contribution is -0.119. The Hall–Kier alpha value is -2.11. The van der Waals surface area contributed by atoms with Crippen LogP contribution in [0.4, 0.5) is 9.18 Å². The number of hydrogen-bond donors (Lipinski definition) is 2. The molecule has 0 bridgehead atoms. The van der Waals surface area contributed by atoms with E-state index < -0.39 is 0 Å². The molecule has 0 radical (unpaired) electrons. The third kappa shape index (κ3) is 2.45. The van der Waals surface area contributed by atoms with Crippen LogP contribution in [-0.4, -0.2) is 35.5 Å². The Morgan fingerprint density at radius 2 is 2.35 bits per heavy atom. The van der Waals surface area contributed by atoms with Crippen molar-refractivity contribution in [3.8, 4) is 0 Å². The lowest BCUT2D eigenvalue weighted by atomic mass is 10.1. The molecule has 0 aliphatic carbocycles. The van der Waals surface area contributed by atoms with E-state index in [1.807, 2.05) is 0 Å². The molecule has 1 aromatic carbocycles. The average molecular weight is 277 g/mol. The zero-order valence-electron chi connectivity index (χ0n) is 10.9. The fourth-order valence-corrected chi connectivity index (χ4v) is 2.91. The van der Waals surface area contributed by atoms with Crippen LogP contribution in [0, 0.1) is 5.82 Å². The number of fused-ring (bicyclic) bond motifs is 1. The first-order chi connectivity index (χ1) is 9.63. The Morgan fingerprint density at radius 1 is 1.50 bits per heavy atom. The lowest BCUT2D eigenvalue weighted by Gasteiger charge is -2.23. The molecule has 2 aliphatic heterocycles. The van der Waals surface area contributed by atoms with Gasteiger partial charge in [0.2, 0.25) is 5.91 Å². The van der Waals surface area contributed by atoms with E-state index in [0.717, 1.165) is 12.0 Å². The lowest BCUT2D eigenvalue weighted by Crippen LogP contribution is -2.44. The van der Waals surface area contributed by atoms with E-state index in [1.54, 1.807) is 17.0 Å². The Morgan fingerprint density at radius 3 is 3.15 bits per heavy atom. The minimum atomic E-state index is -0.316. The first-order valence-corrected chi connectivity index (χ1v) is 6.72. The monoisotopic (exact) mass is 277 g/mol. The molecular formula is C14H16FN3O2. The van der Waals surface area contributed by atoms with E-state index >= 15 is 0 Å². The van der Waals surface area contributed by atoms with Crippen molar-refractivity contribution >= 4 is 11.9 Å². The first kappa shape index (κ1) is 12.9. The van der Waals surface area contributed by atoms with E-state index in [-0.39, 0.29) is 36.4 Å². The van der Waals surface area contributed by atoms with Crippen molar-refractivity contribution in [2.45, 2.75) is 31.5 Å². The van der Waals surface area contributed by atoms with E-state index in [1.165, 1.54) is 12.1 Å². The van der Waals surface area contributed by atoms with Crippen LogP contribution in [0.3, 0.4) is 0 Å². The van der Waals surface area contributed by atoms with Crippen molar-refractivity contribution < 1.29 is 14.0 Å². The molecule has 0 saturated carbocycles. The standard InChI is InChI=1S/C14H16FN3O2/c15-10-3-1-2-9(6-10)8-16-14(20)18-5-4-11-12(18)7-13(19)17-11/h1-3,6,11-12H,4-5,7-8H2,(H,16,20)(H,17,19). The maximum atomic E-state index is 13.0. The molecule has 3 amide bonds. The molecule has 2 N–H and O–H groups in total. The first-order valence-electron chi connectivity index (χ1n) is 6.72. The second-order valence-corrected chi connectivity index (χ2v) is 5.22. The molecule has 106 valence electrons. The van der Waals surface area contributed by atoms with Gasteiger partial charge in [0.1, 0.15) is 5.82 Å². The summed E-state index contributed by atoms with van der Waals surface area (Å²) in [6.07, 6.45) is 1.17. The highest BCUT2D eigenvalue weighted by Crippen LogP contribution is 2.25. The highest BCUT2D eigenvalue weighted by Gasteiger charge is 2.43. The summed E-state index contributed by atoms with van der Waals surface area (Å²) >= 11 is 0. The number of carbonyl (C=O) groups excluding carboxylic acids is 2. The van der Waals surface area contributed by atoms with Crippen molar-refractivity contribution in [3.63, 3.8) is 0 Å². The minimum Gasteiger partial charge on any atom is -0.351 e. The molecule has 2 heterocycles. The van der Waals surface area contributed by atoms with Crippen LogP contribution < -0.4 is 10.6 Å². The number of nitrogens with one attached hydrogen (secondary N) is 2. The number of rotatable bonds is 2. The Balaban J connectivity index is 1.58. The van der Waals surface area contributed by atoms with Crippen LogP contribution in [0.1, 0.15) is 18.4 Å². The zero-order valence-corrected chi connectivity index (χ0v) is 10.9. The van der Waals surface area contributed by atoms with Gasteiger partial charge in [0.15, 0.2) is 0 Å². The van der Waals surface area contributed by atoms with Crippen LogP contribution >= 0.6 is 0 Å². The smallest absolute Gasteiger partial charge is 0.318 e. The molecule has 5 nitrogen and oxygen atoms in total. The normalized spacial score (nSPS) is 24.4. The molecule has 2 fully saturated rings. The van der Waals surface area contributed by atoms with Gasteiger partial charge >= 0.3 is 6.03 Å². The van der Waals surface area contributed by atoms with Crippen molar-refractivity contribution in [3.05, 3.63) is 35.6 Å². The maximum absolute atomic E-state index is 13.0. The molecule has 3 rings (SSSR count). The maximum Gasteiger partial charge on any atom is 0.318 e. The van der Waals surface area contributed by atoms with E-state index in [9.17, 15) is 14.0 Å². The van der Waals surface area contributed by atoms with Gasteiger partial charge in [-0.05, 0) is 24.1 Å². The minimum absolute atomic E-state index is 0.00244. The number of urea groups is 1. The second-order valence-electron chi connectivity index (χ2n) is 5.22. The highest BCUT2D eigenvalue weighted by molar-refractivity contribution is 5.82.